The summed E-state index contributed by atoms with van der Waals surface area (Å²) < 4.78 is 38.6. The number of carbonyl (C=O) groups is 2. The van der Waals surface area contributed by atoms with Crippen molar-refractivity contribution in [1.29, 1.82) is 0 Å². The van der Waals surface area contributed by atoms with E-state index in [0.717, 1.165) is 19.3 Å². The molecule has 1 amide bonds. The highest BCUT2D eigenvalue weighted by atomic mass is 32.2. The minimum Gasteiger partial charge on any atom is -0.493 e. The van der Waals surface area contributed by atoms with E-state index in [1.165, 1.54) is 26.2 Å². The molecular weight excluding hydrogens is 444 g/mol. The van der Waals surface area contributed by atoms with Gasteiger partial charge in [0, 0.05) is 23.3 Å². The van der Waals surface area contributed by atoms with Crippen LogP contribution in [0, 0.1) is 0 Å². The number of rotatable bonds is 8. The van der Waals surface area contributed by atoms with Gasteiger partial charge < -0.3 is 14.8 Å². The lowest BCUT2D eigenvalue weighted by Crippen LogP contribution is -2.47. The van der Waals surface area contributed by atoms with Crippen molar-refractivity contribution in [2.75, 3.05) is 19.0 Å². The van der Waals surface area contributed by atoms with Crippen LogP contribution in [-0.2, 0) is 14.8 Å². The number of hydrogen-bond acceptors (Lipinski definition) is 6. The van der Waals surface area contributed by atoms with Crippen molar-refractivity contribution in [2.24, 2.45) is 0 Å². The van der Waals surface area contributed by atoms with E-state index < -0.39 is 15.9 Å². The molecule has 178 valence electrons. The summed E-state index contributed by atoms with van der Waals surface area (Å²) in [6, 6.07) is 10.8. The van der Waals surface area contributed by atoms with E-state index in [1.54, 1.807) is 34.6 Å². The molecule has 1 saturated heterocycles. The number of methoxy groups -OCH3 is 1. The third kappa shape index (κ3) is 5.72. The van der Waals surface area contributed by atoms with Crippen LogP contribution in [0.4, 0.5) is 5.69 Å². The van der Waals surface area contributed by atoms with Gasteiger partial charge in [-0.1, -0.05) is 6.42 Å². The molecule has 8 nitrogen and oxygen atoms in total. The highest BCUT2D eigenvalue weighted by Gasteiger charge is 2.35. The standard InChI is InChI=1S/C24H30N2O6S/c1-16-6-5-7-17(2)26(16)33(29,30)21-11-9-20(10-12-21)25-24(28)15-32-22-13-8-19(18(3)27)14-23(22)31-4/h8-14,16-17H,5-7,15H2,1-4H3,(H,25,28). The number of ketones is 1. The molecule has 2 unspecified atom stereocenters. The third-order valence-electron chi connectivity index (χ3n) is 5.76. The molecule has 1 heterocycles. The maximum absolute atomic E-state index is 13.1. The molecule has 1 aliphatic rings. The van der Waals surface area contributed by atoms with Crippen LogP contribution in [0.1, 0.15) is 50.4 Å². The second kappa shape index (κ2) is 10.4. The van der Waals surface area contributed by atoms with Gasteiger partial charge in [0.1, 0.15) is 0 Å². The Labute approximate surface area is 194 Å². The van der Waals surface area contributed by atoms with Gasteiger partial charge >= 0.3 is 0 Å². The van der Waals surface area contributed by atoms with E-state index in [0.29, 0.717) is 22.7 Å². The molecule has 1 aliphatic heterocycles. The van der Waals surface area contributed by atoms with Crippen LogP contribution >= 0.6 is 0 Å². The number of nitrogens with zero attached hydrogens (tertiary/aromatic N) is 1. The van der Waals surface area contributed by atoms with Crippen molar-refractivity contribution < 1.29 is 27.5 Å². The zero-order valence-electron chi connectivity index (χ0n) is 19.3. The van der Waals surface area contributed by atoms with Crippen molar-refractivity contribution in [3.63, 3.8) is 0 Å². The molecule has 0 saturated carbocycles. The first-order valence-corrected chi connectivity index (χ1v) is 12.3. The quantitative estimate of drug-likeness (QED) is 0.583. The molecule has 0 aliphatic carbocycles. The predicted octanol–water partition coefficient (Wildman–Crippen LogP) is 3.87. The van der Waals surface area contributed by atoms with E-state index in [4.69, 9.17) is 9.47 Å². The van der Waals surface area contributed by atoms with Crippen molar-refractivity contribution in [1.82, 2.24) is 4.31 Å². The molecule has 9 heteroatoms. The van der Waals surface area contributed by atoms with Gasteiger partial charge in [0.05, 0.1) is 12.0 Å². The summed E-state index contributed by atoms with van der Waals surface area (Å²) in [7, 11) is -2.16. The summed E-state index contributed by atoms with van der Waals surface area (Å²) in [6.45, 7) is 5.04. The number of piperidine rings is 1. The SMILES string of the molecule is COc1cc(C(C)=O)ccc1OCC(=O)Nc1ccc(S(=O)(=O)N2C(C)CCCC2C)cc1. The van der Waals surface area contributed by atoms with E-state index in [2.05, 4.69) is 5.32 Å². The molecule has 0 spiro atoms. The smallest absolute Gasteiger partial charge is 0.262 e. The number of amides is 1. The van der Waals surface area contributed by atoms with Crippen LogP contribution in [0.15, 0.2) is 47.4 Å². The lowest BCUT2D eigenvalue weighted by molar-refractivity contribution is -0.118. The van der Waals surface area contributed by atoms with Crippen LogP contribution in [0.5, 0.6) is 11.5 Å². The number of sulfonamides is 1. The lowest BCUT2D eigenvalue weighted by Gasteiger charge is -2.37. The van der Waals surface area contributed by atoms with Crippen LogP contribution in [0.25, 0.3) is 0 Å². The average molecular weight is 475 g/mol. The maximum atomic E-state index is 13.1. The van der Waals surface area contributed by atoms with Crippen molar-refractivity contribution in [3.8, 4) is 11.5 Å². The fraction of sp³-hybridized carbons (Fsp3) is 0.417. The molecule has 2 aromatic rings. The molecule has 0 bridgehead atoms. The molecule has 0 radical (unpaired) electrons. The largest absolute Gasteiger partial charge is 0.493 e. The first kappa shape index (κ1) is 24.7. The minimum atomic E-state index is -3.61. The summed E-state index contributed by atoms with van der Waals surface area (Å²) in [6.07, 6.45) is 2.72. The fourth-order valence-electron chi connectivity index (χ4n) is 4.05. The summed E-state index contributed by atoms with van der Waals surface area (Å²) in [5.74, 6) is 0.170. The fourth-order valence-corrected chi connectivity index (χ4v) is 5.93. The van der Waals surface area contributed by atoms with Crippen LogP contribution < -0.4 is 14.8 Å². The van der Waals surface area contributed by atoms with Gasteiger partial charge in [0.15, 0.2) is 23.9 Å². The monoisotopic (exact) mass is 474 g/mol. The molecule has 1 N–H and O–H groups in total. The minimum absolute atomic E-state index is 0.0446. The second-order valence-corrected chi connectivity index (χ2v) is 10.1. The Morgan fingerprint density at radius 1 is 1.03 bits per heavy atom. The van der Waals surface area contributed by atoms with Crippen molar-refractivity contribution in [2.45, 2.75) is 57.0 Å². The molecule has 0 aromatic heterocycles. The van der Waals surface area contributed by atoms with Gasteiger partial charge in [-0.3, -0.25) is 9.59 Å². The zero-order valence-corrected chi connectivity index (χ0v) is 20.1. The zero-order chi connectivity index (χ0) is 24.2. The predicted molar refractivity (Wildman–Crippen MR) is 125 cm³/mol. The number of Topliss-reactive ketones (excluding diaryl/α,β-unsaturated/α-hetero) is 1. The number of anilines is 1. The van der Waals surface area contributed by atoms with Gasteiger partial charge in [-0.15, -0.1) is 0 Å². The summed E-state index contributed by atoms with van der Waals surface area (Å²) in [5.41, 5.74) is 0.938. The number of ether oxygens (including phenoxy) is 2. The van der Waals surface area contributed by atoms with E-state index in [1.807, 2.05) is 13.8 Å². The van der Waals surface area contributed by atoms with Gasteiger partial charge in [-0.25, -0.2) is 8.42 Å². The van der Waals surface area contributed by atoms with Crippen LogP contribution in [-0.4, -0.2) is 50.2 Å². The topological polar surface area (TPSA) is 102 Å². The molecule has 2 atom stereocenters. The van der Waals surface area contributed by atoms with Crippen LogP contribution in [0.2, 0.25) is 0 Å². The number of hydrogen-bond donors (Lipinski definition) is 1. The highest BCUT2D eigenvalue weighted by Crippen LogP contribution is 2.30. The Hall–Kier alpha value is -2.91. The number of benzene rings is 2. The number of nitrogens with one attached hydrogen (secondary N) is 1. The first-order valence-electron chi connectivity index (χ1n) is 10.9. The summed E-state index contributed by atoms with van der Waals surface area (Å²) in [5, 5.41) is 2.69. The molecule has 1 fully saturated rings. The first-order chi connectivity index (χ1) is 15.6. The maximum Gasteiger partial charge on any atom is 0.262 e. The molecule has 3 rings (SSSR count). The van der Waals surface area contributed by atoms with Gasteiger partial charge in [0.25, 0.3) is 5.91 Å². The molecular formula is C24H30N2O6S. The normalized spacial score (nSPS) is 19.0. The molecule has 33 heavy (non-hydrogen) atoms. The van der Waals surface area contributed by atoms with Gasteiger partial charge in [-0.2, -0.15) is 4.31 Å². The lowest BCUT2D eigenvalue weighted by atomic mass is 10.0. The van der Waals surface area contributed by atoms with E-state index in [9.17, 15) is 18.0 Å². The Balaban J connectivity index is 1.63. The third-order valence-corrected chi connectivity index (χ3v) is 7.90. The van der Waals surface area contributed by atoms with E-state index in [-0.39, 0.29) is 29.4 Å². The van der Waals surface area contributed by atoms with Crippen LogP contribution in [0.3, 0.4) is 0 Å². The average Bonchev–Trinajstić information content (AvgIpc) is 2.77. The Morgan fingerprint density at radius 2 is 1.67 bits per heavy atom. The Morgan fingerprint density at radius 3 is 2.24 bits per heavy atom. The van der Waals surface area contributed by atoms with E-state index >= 15 is 0 Å². The van der Waals surface area contributed by atoms with Gasteiger partial charge in [0.2, 0.25) is 10.0 Å². The Bertz CT molecular complexity index is 1100. The number of carbonyl (C=O) groups excluding carboxylic acids is 2. The molecule has 2 aromatic carbocycles. The van der Waals surface area contributed by atoms with Gasteiger partial charge in [-0.05, 0) is 76.1 Å². The highest BCUT2D eigenvalue weighted by molar-refractivity contribution is 7.89. The van der Waals surface area contributed by atoms with Crippen molar-refractivity contribution in [3.05, 3.63) is 48.0 Å². The summed E-state index contributed by atoms with van der Waals surface area (Å²) >= 11 is 0. The second-order valence-electron chi connectivity index (χ2n) is 8.25. The van der Waals surface area contributed by atoms with Crippen molar-refractivity contribution >= 4 is 27.4 Å². The summed E-state index contributed by atoms with van der Waals surface area (Å²) in [4.78, 5) is 24.0. The Kier molecular flexibility index (Phi) is 7.76.